The lowest BCUT2D eigenvalue weighted by Gasteiger charge is -2.33. The van der Waals surface area contributed by atoms with Gasteiger partial charge in [0.25, 0.3) is 5.91 Å². The molecule has 2 aliphatic rings. The van der Waals surface area contributed by atoms with Crippen LogP contribution in [0.3, 0.4) is 0 Å². The smallest absolute Gasteiger partial charge is 0.254 e. The van der Waals surface area contributed by atoms with Gasteiger partial charge in [-0.15, -0.1) is 0 Å². The Morgan fingerprint density at radius 2 is 1.83 bits per heavy atom. The Hall–Kier alpha value is -2.77. The van der Waals surface area contributed by atoms with Gasteiger partial charge in [0.2, 0.25) is 5.91 Å². The first-order chi connectivity index (χ1) is 16.7. The summed E-state index contributed by atoms with van der Waals surface area (Å²) in [5.41, 5.74) is 10.4. The minimum Gasteiger partial charge on any atom is -0.495 e. The Morgan fingerprint density at radius 3 is 2.43 bits per heavy atom. The number of hydrogen-bond donors (Lipinski definition) is 1. The Morgan fingerprint density at radius 1 is 1.11 bits per heavy atom. The van der Waals surface area contributed by atoms with Gasteiger partial charge in [-0.05, 0) is 88.2 Å². The molecule has 2 N–H and O–H groups in total. The molecule has 1 fully saturated rings. The molecule has 4 rings (SSSR count). The van der Waals surface area contributed by atoms with Gasteiger partial charge in [-0.2, -0.15) is 0 Å². The maximum atomic E-state index is 13.5. The van der Waals surface area contributed by atoms with Crippen molar-refractivity contribution in [2.45, 2.75) is 45.2 Å². The maximum Gasteiger partial charge on any atom is 0.254 e. The van der Waals surface area contributed by atoms with Crippen LogP contribution in [0, 0.1) is 12.8 Å². The number of benzene rings is 2. The molecule has 1 aliphatic carbocycles. The van der Waals surface area contributed by atoms with Crippen LogP contribution < -0.4 is 15.4 Å². The summed E-state index contributed by atoms with van der Waals surface area (Å²) in [5, 5.41) is 0.548. The number of hydrogen-bond acceptors (Lipinski definition) is 5. The van der Waals surface area contributed by atoms with Crippen LogP contribution in [0.25, 0.3) is 0 Å². The average Bonchev–Trinajstić information content (AvgIpc) is 3.16. The van der Waals surface area contributed by atoms with E-state index in [1.165, 1.54) is 0 Å². The monoisotopic (exact) mass is 498 g/mol. The molecular formula is C27H35ClN4O3. The first-order valence-electron chi connectivity index (χ1n) is 12.2. The molecule has 2 amide bonds. The zero-order valence-electron chi connectivity index (χ0n) is 21.0. The number of primary amides is 1. The van der Waals surface area contributed by atoms with Crippen molar-refractivity contribution >= 4 is 34.8 Å². The van der Waals surface area contributed by atoms with E-state index < -0.39 is 0 Å². The fraction of sp³-hybridized carbons (Fsp3) is 0.481. The first kappa shape index (κ1) is 25.3. The summed E-state index contributed by atoms with van der Waals surface area (Å²) in [4.78, 5) is 31.4. The van der Waals surface area contributed by atoms with E-state index in [0.29, 0.717) is 17.3 Å². The van der Waals surface area contributed by atoms with E-state index in [1.54, 1.807) is 7.11 Å². The highest BCUT2D eigenvalue weighted by Gasteiger charge is 2.37. The van der Waals surface area contributed by atoms with Crippen LogP contribution in [0.15, 0.2) is 30.3 Å². The summed E-state index contributed by atoms with van der Waals surface area (Å²) in [7, 11) is 5.69. The van der Waals surface area contributed by atoms with Crippen molar-refractivity contribution in [3.8, 4) is 5.75 Å². The van der Waals surface area contributed by atoms with Gasteiger partial charge in [-0.3, -0.25) is 9.59 Å². The molecule has 7 nitrogen and oxygen atoms in total. The molecule has 0 saturated heterocycles. The minimum atomic E-state index is -0.226. The number of nitrogens with two attached hydrogens (primary N) is 1. The molecule has 0 unspecified atom stereocenters. The molecule has 1 saturated carbocycles. The predicted octanol–water partition coefficient (Wildman–Crippen LogP) is 4.36. The van der Waals surface area contributed by atoms with Crippen molar-refractivity contribution in [2.24, 2.45) is 11.7 Å². The van der Waals surface area contributed by atoms with E-state index in [0.717, 1.165) is 66.8 Å². The van der Waals surface area contributed by atoms with Gasteiger partial charge in [-0.1, -0.05) is 11.6 Å². The number of anilines is 2. The van der Waals surface area contributed by atoms with Crippen LogP contribution in [0.1, 0.15) is 47.2 Å². The summed E-state index contributed by atoms with van der Waals surface area (Å²) in [6.45, 7) is 4.28. The van der Waals surface area contributed by atoms with Crippen LogP contribution in [-0.2, 0) is 11.3 Å². The lowest BCUT2D eigenvalue weighted by molar-refractivity contribution is -0.123. The second-order valence-electron chi connectivity index (χ2n) is 9.90. The molecule has 0 aromatic heterocycles. The normalized spacial score (nSPS) is 19.7. The highest BCUT2D eigenvalue weighted by atomic mass is 35.5. The number of methoxy groups -OCH3 is 1. The van der Waals surface area contributed by atoms with Gasteiger partial charge in [0, 0.05) is 48.5 Å². The Kier molecular flexibility index (Phi) is 7.57. The lowest BCUT2D eigenvalue weighted by Crippen LogP contribution is -2.40. The first-order valence-corrected chi connectivity index (χ1v) is 12.6. The van der Waals surface area contributed by atoms with Crippen molar-refractivity contribution in [3.63, 3.8) is 0 Å². The number of amides is 2. The molecule has 35 heavy (non-hydrogen) atoms. The zero-order chi connectivity index (χ0) is 25.3. The summed E-state index contributed by atoms with van der Waals surface area (Å²) in [5.74, 6) is 0.412. The third kappa shape index (κ3) is 5.26. The number of carbonyl (C=O) groups excluding carboxylic acids is 2. The van der Waals surface area contributed by atoms with Crippen molar-refractivity contribution in [3.05, 3.63) is 52.0 Å². The van der Waals surface area contributed by atoms with E-state index in [2.05, 4.69) is 22.8 Å². The zero-order valence-corrected chi connectivity index (χ0v) is 21.8. The summed E-state index contributed by atoms with van der Waals surface area (Å²) in [6, 6.07) is 10.1. The number of likely N-dealkylation sites (N-methyl/N-ethyl adjacent to an activating group) is 1. The van der Waals surface area contributed by atoms with Gasteiger partial charge in [0.1, 0.15) is 5.75 Å². The van der Waals surface area contributed by atoms with E-state index >= 15 is 0 Å². The molecule has 1 heterocycles. The van der Waals surface area contributed by atoms with Crippen LogP contribution in [-0.4, -0.2) is 62.0 Å². The number of carbonyl (C=O) groups is 2. The number of ether oxygens (including phenoxy) is 1. The third-order valence-electron chi connectivity index (χ3n) is 7.35. The quantitative estimate of drug-likeness (QED) is 0.585. The summed E-state index contributed by atoms with van der Waals surface area (Å²) >= 11 is 6.46. The van der Waals surface area contributed by atoms with Crippen molar-refractivity contribution in [2.75, 3.05) is 39.2 Å². The lowest BCUT2D eigenvalue weighted by atomic mass is 9.85. The van der Waals surface area contributed by atoms with Crippen molar-refractivity contribution < 1.29 is 14.3 Å². The predicted molar refractivity (Wildman–Crippen MR) is 140 cm³/mol. The average molecular weight is 499 g/mol. The fourth-order valence-electron chi connectivity index (χ4n) is 5.25. The molecule has 0 bridgehead atoms. The summed E-state index contributed by atoms with van der Waals surface area (Å²) in [6.07, 6.45) is 3.14. The van der Waals surface area contributed by atoms with Gasteiger partial charge in [-0.25, -0.2) is 0 Å². The molecular weight excluding hydrogens is 464 g/mol. The second-order valence-corrected chi connectivity index (χ2v) is 10.3. The number of aryl methyl sites for hydroxylation is 1. The molecule has 1 aliphatic heterocycles. The van der Waals surface area contributed by atoms with Gasteiger partial charge < -0.3 is 25.2 Å². The third-order valence-corrected chi connectivity index (χ3v) is 7.64. The number of halogens is 1. The van der Waals surface area contributed by atoms with Gasteiger partial charge in [0.15, 0.2) is 0 Å². The topological polar surface area (TPSA) is 79.1 Å². The second kappa shape index (κ2) is 10.5. The molecule has 2 aromatic carbocycles. The van der Waals surface area contributed by atoms with E-state index in [9.17, 15) is 9.59 Å². The standard InChI is InChI=1S/C27H35ClN4O3/c1-17-13-21(31(12-11-30(2)3)20-9-10-25(35-4)24(28)15-20)14-22-23(17)16-32(27(22)34)19-7-5-18(6-8-19)26(29)33/h9-10,13-15,18-19H,5-8,11-12,16H2,1-4H3,(H2,29,33). The Labute approximate surface area is 212 Å². The summed E-state index contributed by atoms with van der Waals surface area (Å²) < 4.78 is 5.33. The van der Waals surface area contributed by atoms with Crippen LogP contribution in [0.2, 0.25) is 5.02 Å². The van der Waals surface area contributed by atoms with Crippen LogP contribution in [0.4, 0.5) is 11.4 Å². The Balaban J connectivity index is 1.63. The SMILES string of the molecule is COc1ccc(N(CCN(C)C)c2cc(C)c3c(c2)C(=O)N(C2CCC(C(N)=O)CC2)C3)cc1Cl. The maximum absolute atomic E-state index is 13.5. The molecule has 188 valence electrons. The molecule has 0 radical (unpaired) electrons. The minimum absolute atomic E-state index is 0.0683. The highest BCUT2D eigenvalue weighted by molar-refractivity contribution is 6.32. The van der Waals surface area contributed by atoms with Crippen molar-refractivity contribution in [1.29, 1.82) is 0 Å². The Bertz CT molecular complexity index is 1110. The van der Waals surface area contributed by atoms with E-state index in [-0.39, 0.29) is 23.8 Å². The van der Waals surface area contributed by atoms with Crippen molar-refractivity contribution in [1.82, 2.24) is 9.80 Å². The largest absolute Gasteiger partial charge is 0.495 e. The molecule has 0 spiro atoms. The highest BCUT2D eigenvalue weighted by Crippen LogP contribution is 2.38. The fourth-order valence-corrected chi connectivity index (χ4v) is 5.50. The molecule has 0 atom stereocenters. The number of nitrogens with zero attached hydrogens (tertiary/aromatic N) is 3. The van der Waals surface area contributed by atoms with Crippen LogP contribution in [0.5, 0.6) is 5.75 Å². The molecule has 2 aromatic rings. The number of fused-ring (bicyclic) bond motifs is 1. The van der Waals surface area contributed by atoms with E-state index in [4.69, 9.17) is 22.1 Å². The molecule has 8 heteroatoms. The van der Waals surface area contributed by atoms with Crippen LogP contribution >= 0.6 is 11.6 Å². The van der Waals surface area contributed by atoms with Gasteiger partial charge in [0.05, 0.1) is 12.1 Å². The number of rotatable bonds is 8. The van der Waals surface area contributed by atoms with E-state index in [1.807, 2.05) is 43.3 Å². The van der Waals surface area contributed by atoms with Gasteiger partial charge >= 0.3 is 0 Å².